The lowest BCUT2D eigenvalue weighted by Gasteiger charge is -2.18. The number of hydrogen-bond acceptors (Lipinski definition) is 3. The first kappa shape index (κ1) is 12.0. The van der Waals surface area contributed by atoms with Crippen LogP contribution in [0.3, 0.4) is 0 Å². The summed E-state index contributed by atoms with van der Waals surface area (Å²) in [5, 5.41) is 0. The van der Waals surface area contributed by atoms with E-state index in [1.807, 2.05) is 18.2 Å². The summed E-state index contributed by atoms with van der Waals surface area (Å²) in [7, 11) is -3.15. The molecule has 15 heavy (non-hydrogen) atoms. The van der Waals surface area contributed by atoms with Gasteiger partial charge in [-0.3, -0.25) is 0 Å². The highest BCUT2D eigenvalue weighted by molar-refractivity contribution is 7.88. The van der Waals surface area contributed by atoms with Crippen LogP contribution in [0, 0.1) is 0 Å². The van der Waals surface area contributed by atoms with Crippen LogP contribution in [0.4, 0.5) is 5.69 Å². The molecule has 1 aromatic carbocycles. The average molecular weight is 228 g/mol. The van der Waals surface area contributed by atoms with Crippen molar-refractivity contribution in [2.24, 2.45) is 0 Å². The van der Waals surface area contributed by atoms with Crippen LogP contribution in [0.25, 0.3) is 0 Å². The number of rotatable bonds is 4. The molecule has 0 atom stereocenters. The van der Waals surface area contributed by atoms with Gasteiger partial charge in [-0.15, -0.1) is 0 Å². The zero-order valence-corrected chi connectivity index (χ0v) is 9.79. The molecule has 0 amide bonds. The average Bonchev–Trinajstić information content (AvgIpc) is 2.14. The molecule has 0 unspecified atom stereocenters. The summed E-state index contributed by atoms with van der Waals surface area (Å²) in [6.45, 7) is 2.59. The van der Waals surface area contributed by atoms with E-state index in [2.05, 4.69) is 0 Å². The highest BCUT2D eigenvalue weighted by Crippen LogP contribution is 2.14. The third kappa shape index (κ3) is 3.21. The van der Waals surface area contributed by atoms with Gasteiger partial charge in [0.15, 0.2) is 0 Å². The molecule has 1 aromatic rings. The Morgan fingerprint density at radius 1 is 1.33 bits per heavy atom. The Balaban J connectivity index is 2.90. The Hall–Kier alpha value is -1.07. The molecule has 2 N–H and O–H groups in total. The Kier molecular flexibility index (Phi) is 3.71. The van der Waals surface area contributed by atoms with Crippen LogP contribution in [-0.2, 0) is 16.6 Å². The lowest BCUT2D eigenvalue weighted by molar-refractivity contribution is 0.428. The van der Waals surface area contributed by atoms with E-state index in [-0.39, 0.29) is 0 Å². The maximum absolute atomic E-state index is 11.4. The molecular formula is C10H16N2O2S. The summed E-state index contributed by atoms with van der Waals surface area (Å²) in [5.74, 6) is 0. The van der Waals surface area contributed by atoms with Crippen molar-refractivity contribution >= 4 is 15.7 Å². The minimum Gasteiger partial charge on any atom is -0.398 e. The van der Waals surface area contributed by atoms with Crippen LogP contribution < -0.4 is 5.73 Å². The van der Waals surface area contributed by atoms with Crippen LogP contribution >= 0.6 is 0 Å². The highest BCUT2D eigenvalue weighted by atomic mass is 32.2. The minimum absolute atomic E-state index is 0.335. The molecule has 84 valence electrons. The lowest BCUT2D eigenvalue weighted by atomic mass is 10.2. The van der Waals surface area contributed by atoms with E-state index in [0.717, 1.165) is 5.56 Å². The van der Waals surface area contributed by atoms with Crippen molar-refractivity contribution in [1.29, 1.82) is 0 Å². The van der Waals surface area contributed by atoms with E-state index in [1.54, 1.807) is 13.0 Å². The predicted molar refractivity (Wildman–Crippen MR) is 61.8 cm³/mol. The standard InChI is InChI=1S/C10H16N2O2S/c1-3-12(15(2,13)14)8-9-6-4-5-7-10(9)11/h4-7H,3,8,11H2,1-2H3. The first-order chi connectivity index (χ1) is 6.95. The molecule has 0 heterocycles. The second-order valence-electron chi connectivity index (χ2n) is 3.39. The summed E-state index contributed by atoms with van der Waals surface area (Å²) in [4.78, 5) is 0. The number of nitrogens with two attached hydrogens (primary N) is 1. The summed E-state index contributed by atoms with van der Waals surface area (Å²) in [6, 6.07) is 7.28. The summed E-state index contributed by atoms with van der Waals surface area (Å²) in [6.07, 6.45) is 1.20. The third-order valence-electron chi connectivity index (χ3n) is 2.22. The first-order valence-corrected chi connectivity index (χ1v) is 6.58. The van der Waals surface area contributed by atoms with Crippen molar-refractivity contribution in [3.63, 3.8) is 0 Å². The van der Waals surface area contributed by atoms with Gasteiger partial charge in [0, 0.05) is 18.8 Å². The van der Waals surface area contributed by atoms with Gasteiger partial charge < -0.3 is 5.73 Å². The van der Waals surface area contributed by atoms with E-state index < -0.39 is 10.0 Å². The van der Waals surface area contributed by atoms with Gasteiger partial charge in [-0.05, 0) is 11.6 Å². The summed E-state index contributed by atoms with van der Waals surface area (Å²) < 4.78 is 24.1. The summed E-state index contributed by atoms with van der Waals surface area (Å²) in [5.41, 5.74) is 7.21. The number of anilines is 1. The molecule has 5 heteroatoms. The number of benzene rings is 1. The molecule has 0 saturated heterocycles. The minimum atomic E-state index is -3.15. The maximum Gasteiger partial charge on any atom is 0.211 e. The van der Waals surface area contributed by atoms with Crippen molar-refractivity contribution in [2.45, 2.75) is 13.5 Å². The number of nitrogen functional groups attached to an aromatic ring is 1. The van der Waals surface area contributed by atoms with E-state index >= 15 is 0 Å². The largest absolute Gasteiger partial charge is 0.398 e. The predicted octanol–water partition coefficient (Wildman–Crippen LogP) is 1.05. The van der Waals surface area contributed by atoms with Crippen molar-refractivity contribution in [3.8, 4) is 0 Å². The van der Waals surface area contributed by atoms with Crippen molar-refractivity contribution in [1.82, 2.24) is 4.31 Å². The van der Waals surface area contributed by atoms with E-state index in [9.17, 15) is 8.42 Å². The van der Waals surface area contributed by atoms with Crippen molar-refractivity contribution < 1.29 is 8.42 Å². The fourth-order valence-corrected chi connectivity index (χ4v) is 2.17. The molecule has 0 aromatic heterocycles. The molecule has 0 saturated carbocycles. The van der Waals surface area contributed by atoms with Gasteiger partial charge in [-0.25, -0.2) is 8.42 Å². The summed E-state index contributed by atoms with van der Waals surface area (Å²) >= 11 is 0. The smallest absolute Gasteiger partial charge is 0.211 e. The van der Waals surface area contributed by atoms with E-state index in [4.69, 9.17) is 5.73 Å². The van der Waals surface area contributed by atoms with Crippen LogP contribution in [-0.4, -0.2) is 25.5 Å². The van der Waals surface area contributed by atoms with Gasteiger partial charge in [-0.1, -0.05) is 25.1 Å². The Bertz CT molecular complexity index is 429. The molecule has 0 spiro atoms. The van der Waals surface area contributed by atoms with Gasteiger partial charge in [0.25, 0.3) is 0 Å². The van der Waals surface area contributed by atoms with Crippen LogP contribution in [0.2, 0.25) is 0 Å². The van der Waals surface area contributed by atoms with Gasteiger partial charge >= 0.3 is 0 Å². The van der Waals surface area contributed by atoms with Gasteiger partial charge in [0.2, 0.25) is 10.0 Å². The monoisotopic (exact) mass is 228 g/mol. The Morgan fingerprint density at radius 3 is 2.40 bits per heavy atom. The third-order valence-corrected chi connectivity index (χ3v) is 3.55. The topological polar surface area (TPSA) is 63.4 Å². The van der Waals surface area contributed by atoms with Crippen LogP contribution in [0.1, 0.15) is 12.5 Å². The Labute approximate surface area is 90.8 Å². The molecule has 0 bridgehead atoms. The number of sulfonamides is 1. The quantitative estimate of drug-likeness (QED) is 0.783. The lowest BCUT2D eigenvalue weighted by Crippen LogP contribution is -2.29. The molecule has 0 fully saturated rings. The second-order valence-corrected chi connectivity index (χ2v) is 5.37. The second kappa shape index (κ2) is 4.63. The SMILES string of the molecule is CCN(Cc1ccccc1N)S(C)(=O)=O. The van der Waals surface area contributed by atoms with Gasteiger partial charge in [0.1, 0.15) is 0 Å². The molecule has 0 aliphatic rings. The van der Waals surface area contributed by atoms with Crippen molar-refractivity contribution in [2.75, 3.05) is 18.5 Å². The fourth-order valence-electron chi connectivity index (χ4n) is 1.33. The molecular weight excluding hydrogens is 212 g/mol. The molecule has 0 radical (unpaired) electrons. The van der Waals surface area contributed by atoms with Gasteiger partial charge in [-0.2, -0.15) is 4.31 Å². The first-order valence-electron chi connectivity index (χ1n) is 4.73. The molecule has 0 aliphatic heterocycles. The van der Waals surface area contributed by atoms with Gasteiger partial charge in [0.05, 0.1) is 6.26 Å². The van der Waals surface area contributed by atoms with E-state index in [0.29, 0.717) is 18.8 Å². The van der Waals surface area contributed by atoms with Crippen LogP contribution in [0.15, 0.2) is 24.3 Å². The fraction of sp³-hybridized carbons (Fsp3) is 0.400. The number of nitrogens with zero attached hydrogens (tertiary/aromatic N) is 1. The number of hydrogen-bond donors (Lipinski definition) is 1. The maximum atomic E-state index is 11.4. The zero-order chi connectivity index (χ0) is 11.5. The van der Waals surface area contributed by atoms with Crippen molar-refractivity contribution in [3.05, 3.63) is 29.8 Å². The molecule has 0 aliphatic carbocycles. The molecule has 1 rings (SSSR count). The highest BCUT2D eigenvalue weighted by Gasteiger charge is 2.15. The van der Waals surface area contributed by atoms with Crippen LogP contribution in [0.5, 0.6) is 0 Å². The zero-order valence-electron chi connectivity index (χ0n) is 8.97. The number of para-hydroxylation sites is 1. The Morgan fingerprint density at radius 2 is 1.93 bits per heavy atom. The van der Waals surface area contributed by atoms with E-state index in [1.165, 1.54) is 10.6 Å². The normalized spacial score (nSPS) is 11.9. The molecule has 4 nitrogen and oxygen atoms in total.